The van der Waals surface area contributed by atoms with Crippen molar-refractivity contribution in [3.05, 3.63) is 0 Å². The van der Waals surface area contributed by atoms with Crippen LogP contribution >= 0.6 is 0 Å². The number of likely N-dealkylation sites (tertiary alicyclic amines) is 2. The van der Waals surface area contributed by atoms with Crippen LogP contribution in [0.3, 0.4) is 0 Å². The minimum absolute atomic E-state index is 0.0461. The highest BCUT2D eigenvalue weighted by molar-refractivity contribution is 5.83. The first kappa shape index (κ1) is 13.1. The van der Waals surface area contributed by atoms with Gasteiger partial charge in [0, 0.05) is 19.5 Å². The summed E-state index contributed by atoms with van der Waals surface area (Å²) in [5.74, 6) is -1.10. The molecule has 2 fully saturated rings. The standard InChI is InChI=1S/C11H18N2O5/c14-6-7-2-1-3-12(7)11(18)13-5-8(15)4-9(13)10(16)17/h7-9,14-15H,1-6H2,(H,16,17). The van der Waals surface area contributed by atoms with Gasteiger partial charge in [-0.1, -0.05) is 0 Å². The Hall–Kier alpha value is -1.34. The molecule has 2 aliphatic rings. The monoisotopic (exact) mass is 258 g/mol. The molecule has 0 radical (unpaired) electrons. The van der Waals surface area contributed by atoms with Gasteiger partial charge in [0.15, 0.2) is 0 Å². The van der Waals surface area contributed by atoms with Crippen LogP contribution in [0.2, 0.25) is 0 Å². The second-order valence-corrected chi connectivity index (χ2v) is 4.85. The van der Waals surface area contributed by atoms with E-state index in [0.717, 1.165) is 12.8 Å². The van der Waals surface area contributed by atoms with Crippen molar-refractivity contribution in [3.8, 4) is 0 Å². The van der Waals surface area contributed by atoms with E-state index in [9.17, 15) is 19.8 Å². The third-order valence-corrected chi connectivity index (χ3v) is 3.64. The molecule has 0 aliphatic carbocycles. The Kier molecular flexibility index (Phi) is 3.72. The molecule has 18 heavy (non-hydrogen) atoms. The van der Waals surface area contributed by atoms with Gasteiger partial charge in [0.1, 0.15) is 6.04 Å². The highest BCUT2D eigenvalue weighted by Crippen LogP contribution is 2.24. The summed E-state index contributed by atoms with van der Waals surface area (Å²) in [6.45, 7) is 0.466. The van der Waals surface area contributed by atoms with Gasteiger partial charge in [-0.2, -0.15) is 0 Å². The van der Waals surface area contributed by atoms with Crippen LogP contribution in [0.5, 0.6) is 0 Å². The van der Waals surface area contributed by atoms with E-state index in [-0.39, 0.29) is 25.6 Å². The van der Waals surface area contributed by atoms with Crippen molar-refractivity contribution in [3.63, 3.8) is 0 Å². The molecule has 2 saturated heterocycles. The maximum atomic E-state index is 12.2. The molecule has 0 aromatic rings. The quantitative estimate of drug-likeness (QED) is 0.595. The Labute approximate surface area is 105 Å². The number of amides is 2. The van der Waals surface area contributed by atoms with Crippen LogP contribution in [0, 0.1) is 0 Å². The molecule has 3 unspecified atom stereocenters. The number of carbonyl (C=O) groups is 2. The second kappa shape index (κ2) is 5.11. The second-order valence-electron chi connectivity index (χ2n) is 4.85. The Balaban J connectivity index is 2.10. The van der Waals surface area contributed by atoms with E-state index in [4.69, 9.17) is 5.11 Å². The fourth-order valence-corrected chi connectivity index (χ4v) is 2.70. The van der Waals surface area contributed by atoms with Crippen LogP contribution in [0.1, 0.15) is 19.3 Å². The molecule has 7 nitrogen and oxygen atoms in total. The first-order valence-corrected chi connectivity index (χ1v) is 6.13. The van der Waals surface area contributed by atoms with E-state index in [1.807, 2.05) is 0 Å². The molecule has 2 heterocycles. The van der Waals surface area contributed by atoms with Crippen LogP contribution in [0.15, 0.2) is 0 Å². The third kappa shape index (κ3) is 2.28. The predicted octanol–water partition coefficient (Wildman–Crippen LogP) is -0.917. The van der Waals surface area contributed by atoms with Gasteiger partial charge in [-0.15, -0.1) is 0 Å². The van der Waals surface area contributed by atoms with E-state index >= 15 is 0 Å². The molecule has 3 N–H and O–H groups in total. The molecule has 2 rings (SSSR count). The lowest BCUT2D eigenvalue weighted by Crippen LogP contribution is -2.50. The molecule has 2 aliphatic heterocycles. The third-order valence-electron chi connectivity index (χ3n) is 3.64. The SMILES string of the molecule is O=C(O)C1CC(O)CN1C(=O)N1CCCC1CO. The average molecular weight is 258 g/mol. The molecule has 0 aromatic carbocycles. The van der Waals surface area contributed by atoms with Gasteiger partial charge in [-0.3, -0.25) is 0 Å². The van der Waals surface area contributed by atoms with Gasteiger partial charge < -0.3 is 25.1 Å². The molecule has 0 saturated carbocycles. The Bertz CT molecular complexity index is 348. The van der Waals surface area contributed by atoms with Crippen molar-refractivity contribution in [1.29, 1.82) is 0 Å². The summed E-state index contributed by atoms with van der Waals surface area (Å²) in [7, 11) is 0. The van der Waals surface area contributed by atoms with Gasteiger partial charge in [0.25, 0.3) is 0 Å². The number of urea groups is 1. The number of aliphatic hydroxyl groups excluding tert-OH is 2. The first-order valence-electron chi connectivity index (χ1n) is 6.13. The number of carbonyl (C=O) groups excluding carboxylic acids is 1. The van der Waals surface area contributed by atoms with Gasteiger partial charge in [0.05, 0.1) is 18.8 Å². The minimum Gasteiger partial charge on any atom is -0.480 e. The lowest BCUT2D eigenvalue weighted by Gasteiger charge is -2.30. The summed E-state index contributed by atoms with van der Waals surface area (Å²) in [6, 6.07) is -1.59. The van der Waals surface area contributed by atoms with Crippen molar-refractivity contribution in [2.75, 3.05) is 19.7 Å². The van der Waals surface area contributed by atoms with Gasteiger partial charge in [-0.25, -0.2) is 9.59 Å². The van der Waals surface area contributed by atoms with Crippen molar-refractivity contribution < 1.29 is 24.9 Å². The number of carboxylic acid groups (broad SMARTS) is 1. The number of hydrogen-bond acceptors (Lipinski definition) is 4. The molecular weight excluding hydrogens is 240 g/mol. The van der Waals surface area contributed by atoms with Crippen LogP contribution in [0.25, 0.3) is 0 Å². The molecule has 0 bridgehead atoms. The first-order chi connectivity index (χ1) is 8.54. The maximum Gasteiger partial charge on any atom is 0.326 e. The van der Waals surface area contributed by atoms with E-state index in [2.05, 4.69) is 0 Å². The van der Waals surface area contributed by atoms with Gasteiger partial charge in [0.2, 0.25) is 0 Å². The number of hydrogen-bond donors (Lipinski definition) is 3. The fourth-order valence-electron chi connectivity index (χ4n) is 2.70. The Morgan fingerprint density at radius 1 is 1.28 bits per heavy atom. The fraction of sp³-hybridized carbons (Fsp3) is 0.818. The lowest BCUT2D eigenvalue weighted by atomic mass is 10.2. The molecule has 7 heteroatoms. The Morgan fingerprint density at radius 3 is 2.61 bits per heavy atom. The molecule has 3 atom stereocenters. The number of β-amino-alcohol motifs (C(OH)–C–C–N with tert-alkyl or cyclic N) is 1. The van der Waals surface area contributed by atoms with E-state index < -0.39 is 24.1 Å². The van der Waals surface area contributed by atoms with Crippen molar-refractivity contribution in [2.24, 2.45) is 0 Å². The summed E-state index contributed by atoms with van der Waals surface area (Å²) < 4.78 is 0. The Morgan fingerprint density at radius 2 is 2.00 bits per heavy atom. The number of nitrogens with zero attached hydrogens (tertiary/aromatic N) is 2. The summed E-state index contributed by atoms with van der Waals surface area (Å²) >= 11 is 0. The molecule has 2 amide bonds. The van der Waals surface area contributed by atoms with E-state index in [0.29, 0.717) is 6.54 Å². The van der Waals surface area contributed by atoms with Gasteiger partial charge >= 0.3 is 12.0 Å². The van der Waals surface area contributed by atoms with Crippen molar-refractivity contribution in [2.45, 2.75) is 37.5 Å². The number of aliphatic hydroxyl groups is 2. The minimum atomic E-state index is -1.10. The zero-order valence-corrected chi connectivity index (χ0v) is 10.0. The van der Waals surface area contributed by atoms with Crippen LogP contribution in [-0.4, -0.2) is 75.0 Å². The van der Waals surface area contributed by atoms with Crippen LogP contribution in [0.4, 0.5) is 4.79 Å². The topological polar surface area (TPSA) is 101 Å². The highest BCUT2D eigenvalue weighted by atomic mass is 16.4. The zero-order valence-electron chi connectivity index (χ0n) is 10.0. The van der Waals surface area contributed by atoms with Crippen molar-refractivity contribution >= 4 is 12.0 Å². The summed E-state index contributed by atoms with van der Waals surface area (Å²) in [6.07, 6.45) is 0.824. The van der Waals surface area contributed by atoms with E-state index in [1.54, 1.807) is 0 Å². The molecule has 102 valence electrons. The normalized spacial score (nSPS) is 32.0. The van der Waals surface area contributed by atoms with Crippen LogP contribution in [-0.2, 0) is 4.79 Å². The average Bonchev–Trinajstić information content (AvgIpc) is 2.93. The summed E-state index contributed by atoms with van der Waals surface area (Å²) in [5.41, 5.74) is 0. The molecule has 0 aromatic heterocycles. The van der Waals surface area contributed by atoms with Crippen molar-refractivity contribution in [1.82, 2.24) is 9.80 Å². The molecular formula is C11H18N2O5. The number of rotatable bonds is 2. The zero-order chi connectivity index (χ0) is 13.3. The predicted molar refractivity (Wildman–Crippen MR) is 61.0 cm³/mol. The molecule has 0 spiro atoms. The highest BCUT2D eigenvalue weighted by Gasteiger charge is 2.42. The maximum absolute atomic E-state index is 12.2. The largest absolute Gasteiger partial charge is 0.480 e. The lowest BCUT2D eigenvalue weighted by molar-refractivity contribution is -0.141. The number of aliphatic carboxylic acids is 1. The number of carboxylic acids is 1. The smallest absolute Gasteiger partial charge is 0.326 e. The van der Waals surface area contributed by atoms with Crippen LogP contribution < -0.4 is 0 Å². The van der Waals surface area contributed by atoms with Gasteiger partial charge in [-0.05, 0) is 12.8 Å². The summed E-state index contributed by atoms with van der Waals surface area (Å²) in [4.78, 5) is 26.0. The summed E-state index contributed by atoms with van der Waals surface area (Å²) in [5, 5.41) is 27.7. The van der Waals surface area contributed by atoms with E-state index in [1.165, 1.54) is 9.80 Å².